The van der Waals surface area contributed by atoms with Gasteiger partial charge in [-0.05, 0) is 67.3 Å². The second-order valence-corrected chi connectivity index (χ2v) is 7.09. The summed E-state index contributed by atoms with van der Waals surface area (Å²) in [6.45, 7) is 6.92. The van der Waals surface area contributed by atoms with E-state index in [-0.39, 0.29) is 6.04 Å². The van der Waals surface area contributed by atoms with Gasteiger partial charge in [0.25, 0.3) is 0 Å². The highest BCUT2D eigenvalue weighted by Crippen LogP contribution is 2.29. The van der Waals surface area contributed by atoms with Gasteiger partial charge in [-0.25, -0.2) is 0 Å². The molecule has 0 aliphatic carbocycles. The van der Waals surface area contributed by atoms with Crippen LogP contribution < -0.4 is 0 Å². The number of likely N-dealkylation sites (tertiary alicyclic amines) is 2. The molecule has 2 saturated heterocycles. The molecule has 2 aliphatic rings. The molecule has 20 heavy (non-hydrogen) atoms. The first-order valence-corrected chi connectivity index (χ1v) is 8.27. The lowest BCUT2D eigenvalue weighted by atomic mass is 9.87. The molecule has 1 aromatic heterocycles. The molecule has 0 saturated carbocycles. The second kappa shape index (κ2) is 5.79. The summed E-state index contributed by atoms with van der Waals surface area (Å²) in [6, 6.07) is 4.20. The fourth-order valence-electron chi connectivity index (χ4n) is 3.45. The number of piperidine rings is 1. The lowest BCUT2D eigenvalue weighted by Gasteiger charge is -2.46. The predicted molar refractivity (Wildman–Crippen MR) is 81.5 cm³/mol. The van der Waals surface area contributed by atoms with E-state index in [2.05, 4.69) is 25.7 Å². The van der Waals surface area contributed by atoms with E-state index in [9.17, 15) is 5.11 Å². The van der Waals surface area contributed by atoms with Crippen molar-refractivity contribution in [2.75, 3.05) is 26.2 Å². The lowest BCUT2D eigenvalue weighted by Crippen LogP contribution is -2.60. The van der Waals surface area contributed by atoms with Crippen molar-refractivity contribution in [3.8, 4) is 0 Å². The maximum atomic E-state index is 10.7. The summed E-state index contributed by atoms with van der Waals surface area (Å²) < 4.78 is 6.38. The number of aliphatic hydroxyl groups is 1. The van der Waals surface area contributed by atoms with Crippen molar-refractivity contribution in [1.29, 1.82) is 0 Å². The molecule has 0 amide bonds. The van der Waals surface area contributed by atoms with Gasteiger partial charge >= 0.3 is 0 Å². The van der Waals surface area contributed by atoms with Crippen LogP contribution in [-0.2, 0) is 6.54 Å². The van der Waals surface area contributed by atoms with Gasteiger partial charge in [0.15, 0.2) is 4.67 Å². The molecule has 0 radical (unpaired) electrons. The van der Waals surface area contributed by atoms with E-state index in [0.717, 1.165) is 49.6 Å². The molecule has 2 fully saturated rings. The number of hydrogen-bond acceptors (Lipinski definition) is 4. The fraction of sp³-hybridized carbons (Fsp3) is 0.733. The average molecular weight is 343 g/mol. The Bertz CT molecular complexity index is 454. The van der Waals surface area contributed by atoms with Crippen LogP contribution in [-0.4, -0.2) is 52.7 Å². The summed E-state index contributed by atoms with van der Waals surface area (Å²) in [5.41, 5.74) is -0.565. The Labute approximate surface area is 128 Å². The molecule has 0 spiro atoms. The van der Waals surface area contributed by atoms with Crippen LogP contribution in [0, 0.1) is 0 Å². The number of hydrogen-bond donors (Lipinski definition) is 1. The third-order valence-corrected chi connectivity index (χ3v) is 5.10. The summed E-state index contributed by atoms with van der Waals surface area (Å²) in [5, 5.41) is 10.7. The van der Waals surface area contributed by atoms with Gasteiger partial charge < -0.3 is 9.52 Å². The highest BCUT2D eigenvalue weighted by molar-refractivity contribution is 9.10. The average Bonchev–Trinajstić information content (AvgIpc) is 3.03. The molecule has 2 unspecified atom stereocenters. The van der Waals surface area contributed by atoms with Gasteiger partial charge in [-0.1, -0.05) is 0 Å². The molecule has 3 heterocycles. The van der Waals surface area contributed by atoms with Crippen molar-refractivity contribution in [2.45, 2.75) is 44.4 Å². The van der Waals surface area contributed by atoms with Crippen LogP contribution in [0.1, 0.15) is 31.9 Å². The molecule has 1 aromatic rings. The molecule has 0 bridgehead atoms. The molecular weight excluding hydrogens is 320 g/mol. The highest BCUT2D eigenvalue weighted by atomic mass is 79.9. The van der Waals surface area contributed by atoms with Gasteiger partial charge in [-0.3, -0.25) is 9.80 Å². The molecule has 3 rings (SSSR count). The minimum absolute atomic E-state index is 0.247. The summed E-state index contributed by atoms with van der Waals surface area (Å²) in [6.07, 6.45) is 3.35. The normalized spacial score (nSPS) is 32.9. The second-order valence-electron chi connectivity index (χ2n) is 6.31. The van der Waals surface area contributed by atoms with Crippen LogP contribution >= 0.6 is 15.9 Å². The van der Waals surface area contributed by atoms with Gasteiger partial charge in [0, 0.05) is 13.1 Å². The Morgan fingerprint density at radius 1 is 1.35 bits per heavy atom. The van der Waals surface area contributed by atoms with E-state index in [0.29, 0.717) is 0 Å². The van der Waals surface area contributed by atoms with Crippen molar-refractivity contribution in [2.24, 2.45) is 0 Å². The van der Waals surface area contributed by atoms with E-state index >= 15 is 0 Å². The molecule has 5 heteroatoms. The summed E-state index contributed by atoms with van der Waals surface area (Å²) in [5.74, 6) is 0.985. The summed E-state index contributed by atoms with van der Waals surface area (Å²) >= 11 is 3.35. The zero-order chi connectivity index (χ0) is 14.2. The highest BCUT2D eigenvalue weighted by Gasteiger charge is 2.41. The smallest absolute Gasteiger partial charge is 0.169 e. The Morgan fingerprint density at radius 2 is 2.10 bits per heavy atom. The third-order valence-electron chi connectivity index (χ3n) is 4.67. The monoisotopic (exact) mass is 342 g/mol. The largest absolute Gasteiger partial charge is 0.453 e. The summed E-state index contributed by atoms with van der Waals surface area (Å²) in [4.78, 5) is 4.86. The van der Waals surface area contributed by atoms with Crippen molar-refractivity contribution in [1.82, 2.24) is 9.80 Å². The van der Waals surface area contributed by atoms with Crippen molar-refractivity contribution < 1.29 is 9.52 Å². The molecule has 1 N–H and O–H groups in total. The first-order chi connectivity index (χ1) is 9.54. The molecule has 2 atom stereocenters. The van der Waals surface area contributed by atoms with Crippen LogP contribution in [0.2, 0.25) is 0 Å². The zero-order valence-electron chi connectivity index (χ0n) is 12.0. The minimum atomic E-state index is -0.565. The van der Waals surface area contributed by atoms with E-state index in [1.165, 1.54) is 12.8 Å². The topological polar surface area (TPSA) is 39.9 Å². The van der Waals surface area contributed by atoms with E-state index in [1.54, 1.807) is 0 Å². The fourth-order valence-corrected chi connectivity index (χ4v) is 3.79. The molecule has 2 aliphatic heterocycles. The lowest BCUT2D eigenvalue weighted by molar-refractivity contribution is -0.0785. The van der Waals surface area contributed by atoms with Gasteiger partial charge in [0.05, 0.1) is 18.2 Å². The maximum absolute atomic E-state index is 10.7. The van der Waals surface area contributed by atoms with Crippen molar-refractivity contribution in [3.05, 3.63) is 22.6 Å². The maximum Gasteiger partial charge on any atom is 0.169 e. The Kier molecular flexibility index (Phi) is 4.22. The van der Waals surface area contributed by atoms with E-state index in [1.807, 2.05) is 19.1 Å². The van der Waals surface area contributed by atoms with Crippen LogP contribution in [0.5, 0.6) is 0 Å². The number of furan rings is 1. The number of nitrogens with zero attached hydrogens (tertiary/aromatic N) is 2. The minimum Gasteiger partial charge on any atom is -0.453 e. The van der Waals surface area contributed by atoms with Crippen LogP contribution in [0.25, 0.3) is 0 Å². The molecule has 0 aromatic carbocycles. The van der Waals surface area contributed by atoms with E-state index in [4.69, 9.17) is 4.42 Å². The zero-order valence-corrected chi connectivity index (χ0v) is 13.6. The first-order valence-electron chi connectivity index (χ1n) is 7.47. The van der Waals surface area contributed by atoms with Gasteiger partial charge in [-0.2, -0.15) is 0 Å². The van der Waals surface area contributed by atoms with Gasteiger partial charge in [0.1, 0.15) is 5.76 Å². The van der Waals surface area contributed by atoms with Crippen LogP contribution in [0.15, 0.2) is 21.2 Å². The van der Waals surface area contributed by atoms with Gasteiger partial charge in [0.2, 0.25) is 0 Å². The predicted octanol–water partition coefficient (Wildman–Crippen LogP) is 2.46. The van der Waals surface area contributed by atoms with Crippen LogP contribution in [0.3, 0.4) is 0 Å². The Morgan fingerprint density at radius 3 is 2.75 bits per heavy atom. The quantitative estimate of drug-likeness (QED) is 0.915. The standard InChI is InChI=1S/C15H23BrN2O2/c1-15(19)6-9-17(10-12-4-5-14(16)20-12)11-13(15)18-7-2-3-8-18/h4-5,13,19H,2-3,6-11H2,1H3. The number of rotatable bonds is 3. The van der Waals surface area contributed by atoms with Crippen LogP contribution in [0.4, 0.5) is 0 Å². The summed E-state index contributed by atoms with van der Waals surface area (Å²) in [7, 11) is 0. The Balaban J connectivity index is 1.66. The molecule has 4 nitrogen and oxygen atoms in total. The van der Waals surface area contributed by atoms with Crippen molar-refractivity contribution >= 4 is 15.9 Å². The molecular formula is C15H23BrN2O2. The molecule has 112 valence electrons. The first kappa shape index (κ1) is 14.6. The van der Waals surface area contributed by atoms with Gasteiger partial charge in [-0.15, -0.1) is 0 Å². The van der Waals surface area contributed by atoms with Crippen molar-refractivity contribution in [3.63, 3.8) is 0 Å². The number of halogens is 1. The third kappa shape index (κ3) is 3.11. The Hall–Kier alpha value is -0.360. The van der Waals surface area contributed by atoms with E-state index < -0.39 is 5.60 Å². The SMILES string of the molecule is CC1(O)CCN(Cc2ccc(Br)o2)CC1N1CCCC1.